The molecule has 0 bridgehead atoms. The first-order valence-electron chi connectivity index (χ1n) is 8.87. The van der Waals surface area contributed by atoms with Crippen molar-refractivity contribution >= 4 is 32.7 Å². The molecule has 4 heteroatoms. The van der Waals surface area contributed by atoms with Gasteiger partial charge >= 0.3 is 0 Å². The van der Waals surface area contributed by atoms with Gasteiger partial charge < -0.3 is 10.3 Å². The van der Waals surface area contributed by atoms with Crippen LogP contribution in [0.1, 0.15) is 27.4 Å². The molecule has 3 nitrogen and oxygen atoms in total. The van der Waals surface area contributed by atoms with Gasteiger partial charge in [0.1, 0.15) is 0 Å². The third-order valence-corrected chi connectivity index (χ3v) is 5.48. The molecule has 0 fully saturated rings. The van der Waals surface area contributed by atoms with E-state index in [0.717, 1.165) is 9.99 Å². The average molecular weight is 419 g/mol. The molecule has 0 radical (unpaired) electrons. The normalized spacial score (nSPS) is 12.0. The number of hydrogen-bond acceptors (Lipinski definition) is 1. The minimum absolute atomic E-state index is 0.0637. The molecule has 1 amide bonds. The maximum atomic E-state index is 12.7. The van der Waals surface area contributed by atoms with Gasteiger partial charge in [0.15, 0.2) is 0 Å². The van der Waals surface area contributed by atoms with Gasteiger partial charge in [-0.2, -0.15) is 0 Å². The fourth-order valence-electron chi connectivity index (χ4n) is 3.41. The summed E-state index contributed by atoms with van der Waals surface area (Å²) in [7, 11) is 0. The lowest BCUT2D eigenvalue weighted by Crippen LogP contribution is -2.29. The number of aromatic amines is 1. The summed E-state index contributed by atoms with van der Waals surface area (Å²) in [5.41, 5.74) is 4.10. The Labute approximate surface area is 166 Å². The van der Waals surface area contributed by atoms with Crippen LogP contribution in [0.4, 0.5) is 0 Å². The molecule has 1 atom stereocenters. The molecule has 2 N–H and O–H groups in total. The van der Waals surface area contributed by atoms with E-state index < -0.39 is 0 Å². The first-order chi connectivity index (χ1) is 13.2. The van der Waals surface area contributed by atoms with Crippen molar-refractivity contribution in [2.75, 3.05) is 6.54 Å². The van der Waals surface area contributed by atoms with Crippen LogP contribution >= 0.6 is 15.9 Å². The van der Waals surface area contributed by atoms with Gasteiger partial charge in [-0.05, 0) is 45.3 Å². The Kier molecular flexibility index (Phi) is 5.07. The number of hydrogen-bond donors (Lipinski definition) is 2. The van der Waals surface area contributed by atoms with Gasteiger partial charge in [-0.3, -0.25) is 4.79 Å². The van der Waals surface area contributed by atoms with E-state index in [4.69, 9.17) is 0 Å². The zero-order valence-electron chi connectivity index (χ0n) is 14.7. The van der Waals surface area contributed by atoms with E-state index in [1.807, 2.05) is 60.8 Å². The zero-order chi connectivity index (χ0) is 18.6. The van der Waals surface area contributed by atoms with E-state index in [-0.39, 0.29) is 11.8 Å². The number of fused-ring (bicyclic) bond motifs is 1. The second-order valence-electron chi connectivity index (χ2n) is 6.44. The van der Waals surface area contributed by atoms with E-state index in [9.17, 15) is 4.79 Å². The van der Waals surface area contributed by atoms with Gasteiger partial charge in [0, 0.05) is 34.0 Å². The number of benzene rings is 3. The van der Waals surface area contributed by atoms with Crippen molar-refractivity contribution in [1.82, 2.24) is 10.3 Å². The summed E-state index contributed by atoms with van der Waals surface area (Å²) in [6.45, 7) is 0.520. The molecule has 27 heavy (non-hydrogen) atoms. The lowest BCUT2D eigenvalue weighted by Gasteiger charge is -2.18. The Morgan fingerprint density at radius 3 is 2.44 bits per heavy atom. The maximum Gasteiger partial charge on any atom is 0.252 e. The van der Waals surface area contributed by atoms with Crippen molar-refractivity contribution in [3.05, 3.63) is 106 Å². The first kappa shape index (κ1) is 17.6. The predicted molar refractivity (Wildman–Crippen MR) is 113 cm³/mol. The highest BCUT2D eigenvalue weighted by Gasteiger charge is 2.19. The number of amides is 1. The highest BCUT2D eigenvalue weighted by molar-refractivity contribution is 9.10. The van der Waals surface area contributed by atoms with Crippen LogP contribution in [0.3, 0.4) is 0 Å². The van der Waals surface area contributed by atoms with E-state index in [0.29, 0.717) is 12.1 Å². The van der Waals surface area contributed by atoms with Gasteiger partial charge in [-0.25, -0.2) is 0 Å². The van der Waals surface area contributed by atoms with Crippen molar-refractivity contribution in [1.29, 1.82) is 0 Å². The van der Waals surface area contributed by atoms with Crippen LogP contribution in [-0.2, 0) is 0 Å². The lowest BCUT2D eigenvalue weighted by atomic mass is 9.91. The maximum absolute atomic E-state index is 12.7. The van der Waals surface area contributed by atoms with E-state index in [1.165, 1.54) is 16.5 Å². The van der Waals surface area contributed by atoms with Crippen LogP contribution < -0.4 is 5.32 Å². The molecule has 0 saturated carbocycles. The monoisotopic (exact) mass is 418 g/mol. The summed E-state index contributed by atoms with van der Waals surface area (Å²) in [5.74, 6) is -0.0166. The second kappa shape index (κ2) is 7.80. The minimum Gasteiger partial charge on any atom is -0.361 e. The number of H-pyrrole nitrogens is 1. The van der Waals surface area contributed by atoms with Crippen LogP contribution in [0.25, 0.3) is 10.9 Å². The molecule has 134 valence electrons. The summed E-state index contributed by atoms with van der Waals surface area (Å²) in [6.07, 6.45) is 2.05. The molecule has 4 rings (SSSR count). The van der Waals surface area contributed by atoms with Crippen molar-refractivity contribution in [2.24, 2.45) is 0 Å². The number of aromatic nitrogens is 1. The summed E-state index contributed by atoms with van der Waals surface area (Å²) < 4.78 is 0.797. The first-order valence-corrected chi connectivity index (χ1v) is 9.67. The fraction of sp³-hybridized carbons (Fsp3) is 0.0870. The smallest absolute Gasteiger partial charge is 0.252 e. The molecule has 0 spiro atoms. The summed E-state index contributed by atoms with van der Waals surface area (Å²) in [4.78, 5) is 16.0. The fourth-order valence-corrected chi connectivity index (χ4v) is 3.88. The molecule has 0 aliphatic rings. The Morgan fingerprint density at radius 1 is 0.926 bits per heavy atom. The van der Waals surface area contributed by atoms with Crippen molar-refractivity contribution in [3.8, 4) is 0 Å². The van der Waals surface area contributed by atoms with Gasteiger partial charge in [0.05, 0.1) is 5.56 Å². The highest BCUT2D eigenvalue weighted by atomic mass is 79.9. The van der Waals surface area contributed by atoms with Gasteiger partial charge in [-0.1, -0.05) is 60.7 Å². The Morgan fingerprint density at radius 2 is 1.63 bits per heavy atom. The highest BCUT2D eigenvalue weighted by Crippen LogP contribution is 2.30. The Balaban J connectivity index is 1.65. The third-order valence-electron chi connectivity index (χ3n) is 4.78. The molecule has 0 saturated heterocycles. The number of rotatable bonds is 5. The van der Waals surface area contributed by atoms with E-state index in [1.54, 1.807) is 0 Å². The summed E-state index contributed by atoms with van der Waals surface area (Å²) in [5, 5.41) is 4.29. The molecule has 1 unspecified atom stereocenters. The Hall–Kier alpha value is -2.85. The van der Waals surface area contributed by atoms with Crippen LogP contribution in [0, 0.1) is 0 Å². The second-order valence-corrected chi connectivity index (χ2v) is 7.30. The number of carbonyl (C=O) groups is 1. The summed E-state index contributed by atoms with van der Waals surface area (Å²) >= 11 is 3.45. The van der Waals surface area contributed by atoms with E-state index in [2.05, 4.69) is 50.5 Å². The third kappa shape index (κ3) is 3.67. The number of carbonyl (C=O) groups excluding carboxylic acids is 1. The van der Waals surface area contributed by atoms with E-state index >= 15 is 0 Å². The lowest BCUT2D eigenvalue weighted by molar-refractivity contribution is 0.0951. The molecular formula is C23H19BrN2O. The minimum atomic E-state index is -0.0803. The molecular weight excluding hydrogens is 400 g/mol. The van der Waals surface area contributed by atoms with Gasteiger partial charge in [0.25, 0.3) is 5.91 Å². The number of halogens is 1. The SMILES string of the molecule is O=C(NCC(c1ccccc1)c1c[nH]c2ccccc12)c1ccccc1Br. The average Bonchev–Trinajstić information content (AvgIpc) is 3.13. The van der Waals surface area contributed by atoms with Gasteiger partial charge in [-0.15, -0.1) is 0 Å². The number of nitrogens with one attached hydrogen (secondary N) is 2. The van der Waals surface area contributed by atoms with Crippen LogP contribution in [0.2, 0.25) is 0 Å². The molecule has 1 aromatic heterocycles. The molecule has 1 heterocycles. The topological polar surface area (TPSA) is 44.9 Å². The van der Waals surface area contributed by atoms with Crippen LogP contribution in [0.5, 0.6) is 0 Å². The van der Waals surface area contributed by atoms with Crippen LogP contribution in [0.15, 0.2) is 89.5 Å². The van der Waals surface area contributed by atoms with Crippen molar-refractivity contribution in [3.63, 3.8) is 0 Å². The van der Waals surface area contributed by atoms with Gasteiger partial charge in [0.2, 0.25) is 0 Å². The largest absolute Gasteiger partial charge is 0.361 e. The summed E-state index contributed by atoms with van der Waals surface area (Å²) in [6, 6.07) is 26.0. The van der Waals surface area contributed by atoms with Crippen LogP contribution in [-0.4, -0.2) is 17.4 Å². The number of para-hydroxylation sites is 1. The standard InChI is InChI=1S/C23H19BrN2O/c24-21-12-6-4-11-18(21)23(27)26-14-19(16-8-2-1-3-9-16)20-15-25-22-13-7-5-10-17(20)22/h1-13,15,19,25H,14H2,(H,26,27). The van der Waals surface area contributed by atoms with Crippen molar-refractivity contribution < 1.29 is 4.79 Å². The molecule has 3 aromatic carbocycles. The Bertz CT molecular complexity index is 1070. The predicted octanol–water partition coefficient (Wildman–Crippen LogP) is 5.49. The molecule has 0 aliphatic heterocycles. The van der Waals surface area contributed by atoms with Crippen molar-refractivity contribution in [2.45, 2.75) is 5.92 Å². The molecule has 4 aromatic rings. The quantitative estimate of drug-likeness (QED) is 0.441. The zero-order valence-corrected chi connectivity index (χ0v) is 16.2. The molecule has 0 aliphatic carbocycles.